The molecule has 7 aromatic rings. The third-order valence-electron chi connectivity index (χ3n) is 7.30. The first-order valence-corrected chi connectivity index (χ1v) is 13.5. The molecule has 8 heteroatoms. The van der Waals surface area contributed by atoms with E-state index in [2.05, 4.69) is 38.9 Å². The molecule has 0 fully saturated rings. The van der Waals surface area contributed by atoms with Crippen LogP contribution >= 0.6 is 0 Å². The van der Waals surface area contributed by atoms with Crippen LogP contribution in [0.2, 0.25) is 0 Å². The van der Waals surface area contributed by atoms with Gasteiger partial charge in [0.1, 0.15) is 19.2 Å². The van der Waals surface area contributed by atoms with Gasteiger partial charge in [-0.25, -0.2) is 13.8 Å². The third kappa shape index (κ3) is 5.26. The largest absolute Gasteiger partial charge is 2.00 e. The van der Waals surface area contributed by atoms with E-state index < -0.39 is 13.3 Å². The van der Waals surface area contributed by atoms with E-state index in [-0.39, 0.29) is 21.1 Å². The van der Waals surface area contributed by atoms with Crippen LogP contribution in [0.1, 0.15) is 16.7 Å². The number of pyridine rings is 1. The van der Waals surface area contributed by atoms with E-state index in [4.69, 9.17) is 4.74 Å². The molecule has 3 aromatic heterocycles. The first-order chi connectivity index (χ1) is 20.6. The summed E-state index contributed by atoms with van der Waals surface area (Å²) in [5.41, 5.74) is 5.64. The summed E-state index contributed by atoms with van der Waals surface area (Å²) in [4.78, 5) is 4.63. The van der Waals surface area contributed by atoms with E-state index in [0.29, 0.717) is 39.4 Å². The molecule has 7 rings (SSSR count). The van der Waals surface area contributed by atoms with Gasteiger partial charge in [0.25, 0.3) is 0 Å². The predicted molar refractivity (Wildman–Crippen MR) is 160 cm³/mol. The minimum atomic E-state index is -0.691. The molecule has 3 heterocycles. The quantitative estimate of drug-likeness (QED) is 0.153. The summed E-state index contributed by atoms with van der Waals surface area (Å²) >= 11 is 0. The number of rotatable bonds is 7. The maximum Gasteiger partial charge on any atom is 2.00 e. The van der Waals surface area contributed by atoms with Gasteiger partial charge in [0.05, 0.1) is 6.20 Å². The smallest absolute Gasteiger partial charge is 0.509 e. The second-order valence-electron chi connectivity index (χ2n) is 10.0. The molecule has 0 atom stereocenters. The maximum atomic E-state index is 13.7. The van der Waals surface area contributed by atoms with Gasteiger partial charge in [-0.05, 0) is 58.5 Å². The molecule has 0 spiro atoms. The van der Waals surface area contributed by atoms with Crippen LogP contribution in [0, 0.1) is 19.1 Å². The number of ether oxygens (including phenoxy) is 1. The van der Waals surface area contributed by atoms with Gasteiger partial charge in [0.15, 0.2) is 0 Å². The van der Waals surface area contributed by atoms with Crippen LogP contribution in [0.5, 0.6) is 11.5 Å². The van der Waals surface area contributed by atoms with E-state index in [1.54, 1.807) is 41.5 Å². The molecule has 4 aromatic carbocycles. The number of alkyl halides is 2. The first kappa shape index (κ1) is 28.5. The number of hydrogen-bond acceptors (Lipinski definition) is 3. The number of hydrogen-bond donors (Lipinski definition) is 0. The zero-order valence-corrected chi connectivity index (χ0v) is 25.3. The van der Waals surface area contributed by atoms with Crippen LogP contribution < -0.4 is 4.74 Å². The minimum absolute atomic E-state index is 0. The summed E-state index contributed by atoms with van der Waals surface area (Å²) in [6, 6.07) is 33.3. The van der Waals surface area contributed by atoms with Crippen molar-refractivity contribution < 1.29 is 34.6 Å². The van der Waals surface area contributed by atoms with Gasteiger partial charge in [0, 0.05) is 35.0 Å². The fourth-order valence-electron chi connectivity index (χ4n) is 5.39. The van der Waals surface area contributed by atoms with Crippen molar-refractivity contribution in [2.45, 2.75) is 20.3 Å². The van der Waals surface area contributed by atoms with Gasteiger partial charge >= 0.3 is 21.1 Å². The molecule has 0 N–H and O–H groups in total. The summed E-state index contributed by atoms with van der Waals surface area (Å²) < 4.78 is 37.3. The summed E-state index contributed by atoms with van der Waals surface area (Å²) in [5, 5.41) is 6.60. The van der Waals surface area contributed by atoms with Gasteiger partial charge in [-0.3, -0.25) is 4.68 Å². The third-order valence-corrected chi connectivity index (χ3v) is 7.30. The Morgan fingerprint density at radius 2 is 1.58 bits per heavy atom. The Bertz CT molecular complexity index is 2060. The second-order valence-corrected chi connectivity index (χ2v) is 10.0. The molecule has 0 aliphatic carbocycles. The van der Waals surface area contributed by atoms with Crippen LogP contribution in [0.3, 0.4) is 0 Å². The summed E-state index contributed by atoms with van der Waals surface area (Å²) in [6.45, 7) is 0.662. The Hall–Kier alpha value is -4.61. The second kappa shape index (κ2) is 11.9. The molecule has 0 bridgehead atoms. The van der Waals surface area contributed by atoms with Crippen molar-refractivity contribution in [1.82, 2.24) is 19.3 Å². The number of aromatic nitrogens is 4. The SMILES string of the molecule is Cc1ccnc(-n2c3[c-]c(Oc4[c-]c(-n5cc(-c6c(CF)cccc6CF)cn5)ccc4)ccc3c3ccccc32)c1.[Pt+2]. The average molecular weight is 750 g/mol. The number of halogens is 2. The van der Waals surface area contributed by atoms with Gasteiger partial charge in [-0.1, -0.05) is 41.9 Å². The molecule has 43 heavy (non-hydrogen) atoms. The number of para-hydroxylation sites is 1. The minimum Gasteiger partial charge on any atom is -0.509 e. The Morgan fingerprint density at radius 3 is 2.37 bits per heavy atom. The van der Waals surface area contributed by atoms with Crippen LogP contribution in [0.4, 0.5) is 8.78 Å². The van der Waals surface area contributed by atoms with Gasteiger partial charge in [-0.2, -0.15) is 17.2 Å². The fourth-order valence-corrected chi connectivity index (χ4v) is 5.39. The molecule has 214 valence electrons. The van der Waals surface area contributed by atoms with E-state index in [0.717, 1.165) is 33.2 Å². The Labute approximate surface area is 261 Å². The summed E-state index contributed by atoms with van der Waals surface area (Å²) in [5.74, 6) is 1.81. The van der Waals surface area contributed by atoms with Crippen LogP contribution in [0.15, 0.2) is 104 Å². The zero-order chi connectivity index (χ0) is 28.6. The van der Waals surface area contributed by atoms with E-state index in [1.807, 2.05) is 61.5 Å². The molecular weight excluding hydrogens is 725 g/mol. The van der Waals surface area contributed by atoms with Crippen molar-refractivity contribution >= 4 is 21.8 Å². The van der Waals surface area contributed by atoms with E-state index in [1.165, 1.54) is 0 Å². The predicted octanol–water partition coefficient (Wildman–Crippen LogP) is 8.67. The van der Waals surface area contributed by atoms with Gasteiger partial charge in [0.2, 0.25) is 0 Å². The number of benzene rings is 4. The Kier molecular flexibility index (Phi) is 7.92. The van der Waals surface area contributed by atoms with E-state index >= 15 is 0 Å². The molecule has 0 aliphatic heterocycles. The zero-order valence-electron chi connectivity index (χ0n) is 23.0. The number of nitrogens with zero attached hydrogens (tertiary/aromatic N) is 4. The van der Waals surface area contributed by atoms with Crippen molar-refractivity contribution in [2.75, 3.05) is 0 Å². The molecule has 0 aliphatic rings. The molecule has 0 radical (unpaired) electrons. The molecule has 0 unspecified atom stereocenters. The maximum absolute atomic E-state index is 13.7. The normalized spacial score (nSPS) is 11.1. The van der Waals surface area contributed by atoms with Crippen LogP contribution in [-0.4, -0.2) is 19.3 Å². The van der Waals surface area contributed by atoms with Gasteiger partial charge in [-0.15, -0.1) is 35.7 Å². The first-order valence-electron chi connectivity index (χ1n) is 13.5. The number of fused-ring (bicyclic) bond motifs is 3. The van der Waals surface area contributed by atoms with Crippen molar-refractivity contribution in [3.05, 3.63) is 132 Å². The standard InChI is InChI=1S/C35H24F2N4O.Pt/c1-23-14-15-38-34(16-23)41-32-11-3-2-10-30(32)31-13-12-29(18-33(31)41)42-28-9-5-8-27(17-28)40-22-26(21-39-40)35-24(19-36)6-4-7-25(35)20-37;/h2-16,21-22H,19-20H2,1H3;/q-2;+2. The molecule has 0 amide bonds. The van der Waals surface area contributed by atoms with Crippen molar-refractivity contribution in [2.24, 2.45) is 0 Å². The monoisotopic (exact) mass is 749 g/mol. The molecular formula is C35H24F2N4OPt. The van der Waals surface area contributed by atoms with Crippen molar-refractivity contribution in [3.8, 4) is 34.1 Å². The summed E-state index contributed by atoms with van der Waals surface area (Å²) in [6.07, 6.45) is 5.16. The van der Waals surface area contributed by atoms with Crippen molar-refractivity contribution in [3.63, 3.8) is 0 Å². The molecule has 5 nitrogen and oxygen atoms in total. The number of aryl methyl sites for hydroxylation is 1. The topological polar surface area (TPSA) is 44.9 Å². The summed E-state index contributed by atoms with van der Waals surface area (Å²) in [7, 11) is 0. The van der Waals surface area contributed by atoms with Gasteiger partial charge < -0.3 is 9.30 Å². The molecule has 0 saturated carbocycles. The van der Waals surface area contributed by atoms with E-state index in [9.17, 15) is 8.78 Å². The Morgan fingerprint density at radius 1 is 0.814 bits per heavy atom. The van der Waals surface area contributed by atoms with Crippen molar-refractivity contribution in [1.29, 1.82) is 0 Å². The van der Waals surface area contributed by atoms with Crippen LogP contribution in [-0.2, 0) is 34.4 Å². The van der Waals surface area contributed by atoms with Crippen LogP contribution in [0.25, 0.3) is 44.4 Å². The fraction of sp³-hybridized carbons (Fsp3) is 0.0857. The Balaban J connectivity index is 0.00000329. The average Bonchev–Trinajstić information content (AvgIpc) is 3.64. The molecule has 0 saturated heterocycles.